The van der Waals surface area contributed by atoms with Crippen LogP contribution in [0.2, 0.25) is 0 Å². The Morgan fingerprint density at radius 2 is 2.19 bits per heavy atom. The average Bonchev–Trinajstić information content (AvgIpc) is 3.27. The van der Waals surface area contributed by atoms with Gasteiger partial charge in [0.15, 0.2) is 12.4 Å². The lowest BCUT2D eigenvalue weighted by Crippen LogP contribution is -2.29. The smallest absolute Gasteiger partial charge is 0.339 e. The van der Waals surface area contributed by atoms with Gasteiger partial charge in [0.2, 0.25) is 0 Å². The van der Waals surface area contributed by atoms with Crippen LogP contribution in [-0.2, 0) is 31.2 Å². The van der Waals surface area contributed by atoms with Gasteiger partial charge in [0.1, 0.15) is 17.7 Å². The molecule has 2 heterocycles. The molecule has 0 aliphatic heterocycles. The second kappa shape index (κ2) is 6.62. The Hall–Kier alpha value is -3.16. The number of hydrogen-bond donors (Lipinski definition) is 1. The Labute approximate surface area is 148 Å². The molecule has 1 N–H and O–H groups in total. The van der Waals surface area contributed by atoms with E-state index in [0.29, 0.717) is 17.2 Å². The van der Waals surface area contributed by atoms with Gasteiger partial charge < -0.3 is 19.0 Å². The summed E-state index contributed by atoms with van der Waals surface area (Å²) in [4.78, 5) is 24.0. The fraction of sp³-hybridized carbons (Fsp3) is 0.333. The Balaban J connectivity index is 1.43. The second-order valence-corrected chi connectivity index (χ2v) is 6.28. The highest BCUT2D eigenvalue weighted by Crippen LogP contribution is 2.29. The van der Waals surface area contributed by atoms with Gasteiger partial charge in [-0.3, -0.25) is 4.79 Å². The zero-order valence-electron chi connectivity index (χ0n) is 14.3. The van der Waals surface area contributed by atoms with E-state index in [0.717, 1.165) is 35.8 Å². The van der Waals surface area contributed by atoms with Gasteiger partial charge in [0, 0.05) is 24.1 Å². The van der Waals surface area contributed by atoms with E-state index in [1.165, 1.54) is 0 Å². The van der Waals surface area contributed by atoms with Gasteiger partial charge in [-0.2, -0.15) is 0 Å². The van der Waals surface area contributed by atoms with E-state index >= 15 is 0 Å². The lowest BCUT2D eigenvalue weighted by Gasteiger charge is -2.09. The van der Waals surface area contributed by atoms with Gasteiger partial charge in [0.05, 0.1) is 6.54 Å². The van der Waals surface area contributed by atoms with Crippen molar-refractivity contribution in [1.29, 1.82) is 0 Å². The lowest BCUT2D eigenvalue weighted by molar-refractivity contribution is -0.123. The minimum absolute atomic E-state index is 0.140. The highest BCUT2D eigenvalue weighted by Gasteiger charge is 2.19. The quantitative estimate of drug-likeness (QED) is 0.689. The van der Waals surface area contributed by atoms with Crippen molar-refractivity contribution >= 4 is 16.9 Å². The third kappa shape index (κ3) is 3.05. The molecule has 1 aliphatic carbocycles. The van der Waals surface area contributed by atoms with Crippen molar-refractivity contribution < 1.29 is 13.9 Å². The van der Waals surface area contributed by atoms with Crippen LogP contribution < -0.4 is 15.7 Å². The van der Waals surface area contributed by atoms with Gasteiger partial charge in [0.25, 0.3) is 5.91 Å². The summed E-state index contributed by atoms with van der Waals surface area (Å²) in [5.74, 6) is 0.857. The molecule has 0 saturated heterocycles. The minimum atomic E-state index is -0.275. The Kier molecular flexibility index (Phi) is 4.16. The molecule has 134 valence electrons. The number of benzene rings is 1. The summed E-state index contributed by atoms with van der Waals surface area (Å²) in [6, 6.07) is 5.33. The van der Waals surface area contributed by atoms with Crippen LogP contribution in [-0.4, -0.2) is 27.3 Å². The number of rotatable bonds is 5. The number of aromatic nitrogens is 3. The molecule has 8 heteroatoms. The maximum atomic E-state index is 12.0. The van der Waals surface area contributed by atoms with Gasteiger partial charge in [-0.25, -0.2) is 4.79 Å². The number of fused-ring (bicyclic) bond motifs is 3. The van der Waals surface area contributed by atoms with E-state index in [4.69, 9.17) is 9.15 Å². The first kappa shape index (κ1) is 16.3. The van der Waals surface area contributed by atoms with E-state index < -0.39 is 0 Å². The minimum Gasteiger partial charge on any atom is -0.484 e. The van der Waals surface area contributed by atoms with Crippen LogP contribution in [0.4, 0.5) is 0 Å². The molecule has 1 amide bonds. The summed E-state index contributed by atoms with van der Waals surface area (Å²) >= 11 is 0. The molecule has 1 aromatic carbocycles. The van der Waals surface area contributed by atoms with Crippen molar-refractivity contribution in [1.82, 2.24) is 20.1 Å². The van der Waals surface area contributed by atoms with Crippen LogP contribution in [0.5, 0.6) is 5.75 Å². The third-order valence-corrected chi connectivity index (χ3v) is 4.56. The van der Waals surface area contributed by atoms with Crippen molar-refractivity contribution in [2.45, 2.75) is 25.8 Å². The summed E-state index contributed by atoms with van der Waals surface area (Å²) in [6.07, 6.45) is 4.21. The summed E-state index contributed by atoms with van der Waals surface area (Å²) in [6.45, 7) is 0.135. The standard InChI is InChI=1S/C18H18N4O4/c1-22-10-20-21-16(22)8-19-17(23)9-25-11-5-6-13-12-3-2-4-14(12)18(24)26-15(13)7-11/h5-7,10H,2-4,8-9H2,1H3,(H,19,23). The first-order chi connectivity index (χ1) is 12.6. The first-order valence-corrected chi connectivity index (χ1v) is 8.43. The van der Waals surface area contributed by atoms with Crippen molar-refractivity contribution in [2.75, 3.05) is 6.61 Å². The Bertz CT molecular complexity index is 1040. The largest absolute Gasteiger partial charge is 0.484 e. The normalized spacial score (nSPS) is 13.0. The van der Waals surface area contributed by atoms with Crippen LogP contribution in [0.1, 0.15) is 23.4 Å². The molecule has 0 bridgehead atoms. The molecule has 0 spiro atoms. The van der Waals surface area contributed by atoms with E-state index in [1.54, 1.807) is 30.1 Å². The van der Waals surface area contributed by atoms with Crippen LogP contribution >= 0.6 is 0 Å². The van der Waals surface area contributed by atoms with Crippen molar-refractivity contribution in [3.63, 3.8) is 0 Å². The number of nitrogens with zero attached hydrogens (tertiary/aromatic N) is 3. The number of carbonyl (C=O) groups is 1. The van der Waals surface area contributed by atoms with Gasteiger partial charge in [-0.1, -0.05) is 0 Å². The molecule has 0 atom stereocenters. The molecule has 26 heavy (non-hydrogen) atoms. The molecule has 1 aliphatic rings. The van der Waals surface area contributed by atoms with Crippen LogP contribution in [0.3, 0.4) is 0 Å². The summed E-state index contributed by atoms with van der Waals surface area (Å²) in [5, 5.41) is 11.3. The average molecular weight is 354 g/mol. The fourth-order valence-corrected chi connectivity index (χ4v) is 3.20. The number of aryl methyl sites for hydroxylation is 2. The molecule has 0 unspecified atom stereocenters. The van der Waals surface area contributed by atoms with Crippen LogP contribution in [0.15, 0.2) is 33.7 Å². The Morgan fingerprint density at radius 3 is 3.00 bits per heavy atom. The number of nitrogens with one attached hydrogen (secondary N) is 1. The predicted octanol–water partition coefficient (Wildman–Crippen LogP) is 1.11. The van der Waals surface area contributed by atoms with Crippen molar-refractivity contribution in [2.24, 2.45) is 7.05 Å². The van der Waals surface area contributed by atoms with Crippen LogP contribution in [0, 0.1) is 0 Å². The third-order valence-electron chi connectivity index (χ3n) is 4.56. The Morgan fingerprint density at radius 1 is 1.35 bits per heavy atom. The molecule has 0 fully saturated rings. The van der Waals surface area contributed by atoms with Gasteiger partial charge in [-0.05, 0) is 37.0 Å². The van der Waals surface area contributed by atoms with E-state index in [2.05, 4.69) is 15.5 Å². The number of carbonyl (C=O) groups excluding carboxylic acids is 1. The summed E-state index contributed by atoms with van der Waals surface area (Å²) in [5.41, 5.74) is 2.08. The summed E-state index contributed by atoms with van der Waals surface area (Å²) in [7, 11) is 1.80. The molecule has 0 saturated carbocycles. The fourth-order valence-electron chi connectivity index (χ4n) is 3.20. The van der Waals surface area contributed by atoms with Crippen LogP contribution in [0.25, 0.3) is 11.0 Å². The second-order valence-electron chi connectivity index (χ2n) is 6.28. The number of amides is 1. The monoisotopic (exact) mass is 354 g/mol. The van der Waals surface area contributed by atoms with Gasteiger partial charge in [-0.15, -0.1) is 10.2 Å². The maximum absolute atomic E-state index is 12.0. The highest BCUT2D eigenvalue weighted by atomic mass is 16.5. The highest BCUT2D eigenvalue weighted by molar-refractivity contribution is 5.83. The molecular formula is C18H18N4O4. The molecule has 4 rings (SSSR count). The summed E-state index contributed by atoms with van der Waals surface area (Å²) < 4.78 is 12.7. The lowest BCUT2D eigenvalue weighted by atomic mass is 10.1. The zero-order chi connectivity index (χ0) is 18.1. The number of ether oxygens (including phenoxy) is 1. The molecule has 0 radical (unpaired) electrons. The van der Waals surface area contributed by atoms with Crippen molar-refractivity contribution in [3.05, 3.63) is 51.9 Å². The van der Waals surface area contributed by atoms with E-state index in [-0.39, 0.29) is 24.7 Å². The predicted molar refractivity (Wildman–Crippen MR) is 92.9 cm³/mol. The topological polar surface area (TPSA) is 99.3 Å². The molecule has 2 aromatic heterocycles. The molecule has 3 aromatic rings. The maximum Gasteiger partial charge on any atom is 0.339 e. The molecule has 8 nitrogen and oxygen atoms in total. The van der Waals surface area contributed by atoms with Crippen molar-refractivity contribution in [3.8, 4) is 5.75 Å². The van der Waals surface area contributed by atoms with E-state index in [9.17, 15) is 9.59 Å². The van der Waals surface area contributed by atoms with Gasteiger partial charge >= 0.3 is 5.63 Å². The van der Waals surface area contributed by atoms with E-state index in [1.807, 2.05) is 6.07 Å². The SMILES string of the molecule is Cn1cnnc1CNC(=O)COc1ccc2c3c(c(=O)oc2c1)CCC3. The first-order valence-electron chi connectivity index (χ1n) is 8.43. The number of hydrogen-bond acceptors (Lipinski definition) is 6. The molecular weight excluding hydrogens is 336 g/mol. The zero-order valence-corrected chi connectivity index (χ0v) is 14.3.